The van der Waals surface area contributed by atoms with Crippen molar-refractivity contribution in [1.82, 2.24) is 10.1 Å². The van der Waals surface area contributed by atoms with Crippen LogP contribution in [-0.2, 0) is 4.79 Å². The van der Waals surface area contributed by atoms with Gasteiger partial charge in [0.05, 0.1) is 26.9 Å². The number of hydrogen-bond acceptors (Lipinski definition) is 4. The summed E-state index contributed by atoms with van der Waals surface area (Å²) in [4.78, 5) is 30.8. The third-order valence-corrected chi connectivity index (χ3v) is 6.35. The van der Waals surface area contributed by atoms with Gasteiger partial charge in [-0.2, -0.15) is 0 Å². The highest BCUT2D eigenvalue weighted by Gasteiger charge is 2.46. The van der Waals surface area contributed by atoms with Crippen LogP contribution in [0.2, 0.25) is 10.0 Å². The highest BCUT2D eigenvalue weighted by atomic mass is 35.5. The van der Waals surface area contributed by atoms with E-state index in [2.05, 4.69) is 10.1 Å². The molecule has 0 fully saturated rings. The monoisotopic (exact) mass is 461 g/mol. The quantitative estimate of drug-likeness (QED) is 0.460. The van der Waals surface area contributed by atoms with E-state index in [0.717, 1.165) is 0 Å². The van der Waals surface area contributed by atoms with Gasteiger partial charge < -0.3 is 0 Å². The number of amides is 1. The number of anilines is 1. The van der Waals surface area contributed by atoms with E-state index >= 15 is 0 Å². The smallest absolute Gasteiger partial charge is 0.291 e. The average Bonchev–Trinajstić information content (AvgIpc) is 2.74. The predicted molar refractivity (Wildman–Crippen MR) is 119 cm³/mol. The predicted octanol–water partition coefficient (Wildman–Crippen LogP) is 4.45. The minimum atomic E-state index is -0.742. The zero-order chi connectivity index (χ0) is 21.4. The molecule has 0 bridgehead atoms. The molecule has 1 atom stereocenters. The van der Waals surface area contributed by atoms with Crippen molar-refractivity contribution >= 4 is 46.6 Å². The lowest BCUT2D eigenvalue weighted by Crippen LogP contribution is -2.61. The van der Waals surface area contributed by atoms with Gasteiger partial charge in [0.15, 0.2) is 0 Å². The summed E-state index contributed by atoms with van der Waals surface area (Å²) in [6.45, 7) is 1.95. The van der Waals surface area contributed by atoms with Gasteiger partial charge in [0.2, 0.25) is 11.1 Å². The molecule has 1 aliphatic heterocycles. The number of carbonyl (C=O) groups excluding carboxylic acids is 1. The summed E-state index contributed by atoms with van der Waals surface area (Å²) in [6, 6.07) is 12.6. The molecule has 0 saturated heterocycles. The van der Waals surface area contributed by atoms with Crippen LogP contribution in [0.25, 0.3) is 11.3 Å². The van der Waals surface area contributed by atoms with Crippen molar-refractivity contribution in [3.8, 4) is 11.3 Å². The van der Waals surface area contributed by atoms with Crippen molar-refractivity contribution in [2.45, 2.75) is 31.1 Å². The van der Waals surface area contributed by atoms with Crippen LogP contribution in [0.4, 0.5) is 5.69 Å². The molecule has 154 valence electrons. The Hall–Kier alpha value is -2.35. The molecule has 1 aromatic heterocycles. The number of nitrogens with one attached hydrogen (secondary N) is 1. The van der Waals surface area contributed by atoms with Crippen LogP contribution in [0.1, 0.15) is 31.5 Å². The summed E-state index contributed by atoms with van der Waals surface area (Å²) in [5.74, 6) is -0.0862. The zero-order valence-corrected chi connectivity index (χ0v) is 18.7. The molecular formula is C21H19Cl2N4O2S+. The maximum Gasteiger partial charge on any atom is 0.325 e. The van der Waals surface area contributed by atoms with Gasteiger partial charge in [-0.25, -0.2) is 4.90 Å². The Bertz CT molecular complexity index is 1200. The molecule has 9 heteroatoms. The number of aromatic nitrogens is 3. The van der Waals surface area contributed by atoms with E-state index < -0.39 is 6.17 Å². The average molecular weight is 462 g/mol. The standard InChI is InChI=1S/C21H18Cl2N4O2S/c1-3-7-16(28)26-15-11-5-4-8-12(15)18-19(29)24-21(30-2)25-27(18)20(26)13-9-6-10-14(22)17(13)23/h4-6,8-11,20H,3,7H2,1-2H3/p+1/t20-/m0/s1. The first-order valence-corrected chi connectivity index (χ1v) is 11.4. The fourth-order valence-corrected chi connectivity index (χ4v) is 4.44. The highest BCUT2D eigenvalue weighted by molar-refractivity contribution is 7.98. The highest BCUT2D eigenvalue weighted by Crippen LogP contribution is 2.40. The minimum absolute atomic E-state index is 0.0862. The maximum atomic E-state index is 13.3. The lowest BCUT2D eigenvalue weighted by Gasteiger charge is -2.32. The fraction of sp³-hybridized carbons (Fsp3) is 0.238. The Labute approximate surface area is 187 Å². The normalized spacial score (nSPS) is 14.9. The number of fused-ring (bicyclic) bond motifs is 3. The van der Waals surface area contributed by atoms with Crippen molar-refractivity contribution in [3.05, 3.63) is 68.4 Å². The number of aromatic amines is 1. The van der Waals surface area contributed by atoms with Gasteiger partial charge in [0.25, 0.3) is 6.17 Å². The van der Waals surface area contributed by atoms with E-state index in [1.54, 1.807) is 27.8 Å². The molecule has 4 rings (SSSR count). The molecule has 6 nitrogen and oxygen atoms in total. The number of H-pyrrole nitrogens is 1. The lowest BCUT2D eigenvalue weighted by molar-refractivity contribution is -0.763. The maximum absolute atomic E-state index is 13.3. The minimum Gasteiger partial charge on any atom is -0.291 e. The fourth-order valence-electron chi connectivity index (χ4n) is 3.67. The van der Waals surface area contributed by atoms with E-state index in [9.17, 15) is 9.59 Å². The lowest BCUT2D eigenvalue weighted by atomic mass is 10.0. The van der Waals surface area contributed by atoms with Crippen LogP contribution in [0, 0.1) is 0 Å². The van der Waals surface area contributed by atoms with Crippen LogP contribution in [0.15, 0.2) is 52.4 Å². The second-order valence-electron chi connectivity index (χ2n) is 6.80. The molecule has 0 radical (unpaired) electrons. The number of para-hydroxylation sites is 1. The van der Waals surface area contributed by atoms with Crippen molar-refractivity contribution in [2.24, 2.45) is 0 Å². The second-order valence-corrected chi connectivity index (χ2v) is 8.38. The van der Waals surface area contributed by atoms with Crippen molar-refractivity contribution in [3.63, 3.8) is 0 Å². The molecule has 0 saturated carbocycles. The molecule has 2 heterocycles. The molecule has 1 N–H and O–H groups in total. The topological polar surface area (TPSA) is 69.9 Å². The molecule has 30 heavy (non-hydrogen) atoms. The molecule has 0 spiro atoms. The van der Waals surface area contributed by atoms with Gasteiger partial charge in [-0.05, 0) is 41.6 Å². The number of halogens is 2. The van der Waals surface area contributed by atoms with E-state index in [-0.39, 0.29) is 11.5 Å². The third kappa shape index (κ3) is 3.41. The summed E-state index contributed by atoms with van der Waals surface area (Å²) < 4.78 is 1.58. The molecule has 1 aliphatic rings. The Morgan fingerprint density at radius 1 is 1.23 bits per heavy atom. The Morgan fingerprint density at radius 2 is 2.00 bits per heavy atom. The van der Waals surface area contributed by atoms with Gasteiger partial charge in [-0.15, -0.1) is 0 Å². The van der Waals surface area contributed by atoms with Crippen LogP contribution >= 0.6 is 35.0 Å². The van der Waals surface area contributed by atoms with E-state index in [4.69, 9.17) is 23.2 Å². The summed E-state index contributed by atoms with van der Waals surface area (Å²) in [6.07, 6.45) is 2.11. The van der Waals surface area contributed by atoms with Gasteiger partial charge in [-0.1, -0.05) is 60.1 Å². The molecular weight excluding hydrogens is 443 g/mol. The summed E-state index contributed by atoms with van der Waals surface area (Å²) >= 11 is 14.2. The van der Waals surface area contributed by atoms with Gasteiger partial charge in [-0.3, -0.25) is 14.6 Å². The first kappa shape index (κ1) is 20.9. The number of rotatable bonds is 4. The number of nitrogens with zero attached hydrogens (tertiary/aromatic N) is 3. The van der Waals surface area contributed by atoms with Gasteiger partial charge in [0.1, 0.15) is 0 Å². The van der Waals surface area contributed by atoms with Crippen LogP contribution in [0.5, 0.6) is 0 Å². The van der Waals surface area contributed by atoms with E-state index in [0.29, 0.717) is 50.6 Å². The Morgan fingerprint density at radius 3 is 2.73 bits per heavy atom. The zero-order valence-electron chi connectivity index (χ0n) is 16.4. The Balaban J connectivity index is 2.10. The van der Waals surface area contributed by atoms with E-state index in [1.165, 1.54) is 11.8 Å². The number of carbonyl (C=O) groups is 1. The van der Waals surface area contributed by atoms with Gasteiger partial charge in [0, 0.05) is 11.5 Å². The van der Waals surface area contributed by atoms with Gasteiger partial charge >= 0.3 is 11.3 Å². The second kappa shape index (κ2) is 8.41. The number of thioether (sulfide) groups is 1. The van der Waals surface area contributed by atoms with Crippen LogP contribution in [-0.4, -0.2) is 22.2 Å². The van der Waals surface area contributed by atoms with Crippen molar-refractivity contribution < 1.29 is 9.48 Å². The molecule has 3 aromatic rings. The number of benzene rings is 2. The third-order valence-electron chi connectivity index (χ3n) is 4.94. The van der Waals surface area contributed by atoms with Crippen molar-refractivity contribution in [2.75, 3.05) is 11.2 Å². The molecule has 1 amide bonds. The SMILES string of the molecule is CCCC(=O)N1c2ccccc2-c2c(=O)[nH]c(SC)n[n+]2[C@H]1c1cccc(Cl)c1Cl. The van der Waals surface area contributed by atoms with Crippen molar-refractivity contribution in [1.29, 1.82) is 0 Å². The molecule has 0 unspecified atom stereocenters. The first-order valence-electron chi connectivity index (χ1n) is 9.43. The number of hydrogen-bond donors (Lipinski definition) is 1. The summed E-state index contributed by atoms with van der Waals surface area (Å²) in [5, 5.41) is 5.77. The first-order chi connectivity index (χ1) is 14.5. The summed E-state index contributed by atoms with van der Waals surface area (Å²) in [7, 11) is 0. The molecule has 0 aliphatic carbocycles. The largest absolute Gasteiger partial charge is 0.325 e. The summed E-state index contributed by atoms with van der Waals surface area (Å²) in [5.41, 5.74) is 1.95. The molecule has 2 aromatic carbocycles. The Kier molecular flexibility index (Phi) is 5.86. The van der Waals surface area contributed by atoms with Crippen LogP contribution in [0.3, 0.4) is 0 Å². The van der Waals surface area contributed by atoms with Crippen LogP contribution < -0.4 is 15.1 Å². The van der Waals surface area contributed by atoms with E-state index in [1.807, 2.05) is 37.4 Å².